The summed E-state index contributed by atoms with van der Waals surface area (Å²) in [4.78, 5) is 28.5. The number of hydrogen-bond donors (Lipinski definition) is 1. The molecule has 1 aliphatic heterocycles. The van der Waals surface area contributed by atoms with E-state index in [1.807, 2.05) is 0 Å². The molecule has 27 heavy (non-hydrogen) atoms. The van der Waals surface area contributed by atoms with E-state index in [0.717, 1.165) is 0 Å². The molecular formula is C14H22N5O7P. The molecule has 1 fully saturated rings. The summed E-state index contributed by atoms with van der Waals surface area (Å²) in [5.74, 6) is 0. The van der Waals surface area contributed by atoms with Gasteiger partial charge in [0.05, 0.1) is 32.0 Å². The van der Waals surface area contributed by atoms with E-state index in [0.29, 0.717) is 5.56 Å². The first kappa shape index (κ1) is 21.4. The number of nitrogens with one attached hydrogen (secondary N) is 1. The lowest BCUT2D eigenvalue weighted by Gasteiger charge is -2.20. The van der Waals surface area contributed by atoms with E-state index in [4.69, 9.17) is 23.8 Å². The third-order valence-electron chi connectivity index (χ3n) is 3.83. The lowest BCUT2D eigenvalue weighted by Crippen LogP contribution is -2.33. The lowest BCUT2D eigenvalue weighted by molar-refractivity contribution is -0.0299. The zero-order valence-electron chi connectivity index (χ0n) is 15.2. The quantitative estimate of drug-likeness (QED) is 0.286. The molecular weight excluding hydrogens is 381 g/mol. The molecule has 0 aromatic carbocycles. The average molecular weight is 403 g/mol. The molecule has 12 nitrogen and oxygen atoms in total. The molecule has 1 saturated heterocycles. The molecule has 0 saturated carbocycles. The minimum Gasteiger partial charge on any atom is -0.352 e. The maximum Gasteiger partial charge on any atom is 0.474 e. The normalized spacial score (nSPS) is 22.6. The van der Waals surface area contributed by atoms with Gasteiger partial charge in [-0.2, -0.15) is 0 Å². The summed E-state index contributed by atoms with van der Waals surface area (Å²) in [5, 5.41) is 3.66. The van der Waals surface area contributed by atoms with E-state index in [2.05, 4.69) is 15.0 Å². The molecule has 0 bridgehead atoms. The van der Waals surface area contributed by atoms with Crippen LogP contribution in [0.3, 0.4) is 0 Å². The van der Waals surface area contributed by atoms with E-state index in [9.17, 15) is 14.2 Å². The molecule has 13 heteroatoms. The number of azide groups is 1. The summed E-state index contributed by atoms with van der Waals surface area (Å²) in [6, 6.07) is -0.671. The third kappa shape index (κ3) is 5.29. The highest BCUT2D eigenvalue weighted by molar-refractivity contribution is 7.48. The van der Waals surface area contributed by atoms with E-state index >= 15 is 0 Å². The van der Waals surface area contributed by atoms with Crippen molar-refractivity contribution in [2.45, 2.75) is 45.6 Å². The van der Waals surface area contributed by atoms with Crippen LogP contribution >= 0.6 is 7.82 Å². The maximum atomic E-state index is 12.4. The fourth-order valence-electron chi connectivity index (χ4n) is 2.62. The van der Waals surface area contributed by atoms with Gasteiger partial charge in [-0.1, -0.05) is 5.11 Å². The van der Waals surface area contributed by atoms with Crippen molar-refractivity contribution in [1.82, 2.24) is 9.55 Å². The highest BCUT2D eigenvalue weighted by Crippen LogP contribution is 2.50. The predicted molar refractivity (Wildman–Crippen MR) is 94.3 cm³/mol. The summed E-state index contributed by atoms with van der Waals surface area (Å²) in [7, 11) is -3.76. The first-order valence-electron chi connectivity index (χ1n) is 8.39. The summed E-state index contributed by atoms with van der Waals surface area (Å²) in [6.07, 6.45) is -0.0140. The smallest absolute Gasteiger partial charge is 0.352 e. The fourth-order valence-corrected chi connectivity index (χ4v) is 3.80. The van der Waals surface area contributed by atoms with Crippen molar-refractivity contribution in [3.05, 3.63) is 43.0 Å². The Hall–Kier alpha value is -1.94. The molecule has 0 radical (unpaired) electrons. The molecule has 0 aliphatic carbocycles. The minimum absolute atomic E-state index is 0.122. The summed E-state index contributed by atoms with van der Waals surface area (Å²) >= 11 is 0. The van der Waals surface area contributed by atoms with Crippen molar-refractivity contribution in [1.29, 1.82) is 0 Å². The number of aryl methyl sites for hydroxylation is 1. The van der Waals surface area contributed by atoms with Crippen LogP contribution in [0.5, 0.6) is 0 Å². The molecule has 1 aromatic heterocycles. The third-order valence-corrected chi connectivity index (χ3v) is 5.45. The molecule has 0 unspecified atom stereocenters. The van der Waals surface area contributed by atoms with Crippen LogP contribution in [0.1, 0.15) is 32.1 Å². The van der Waals surface area contributed by atoms with Crippen LogP contribution < -0.4 is 11.2 Å². The van der Waals surface area contributed by atoms with Crippen LogP contribution in [-0.2, 0) is 22.9 Å². The minimum atomic E-state index is -3.76. The van der Waals surface area contributed by atoms with Gasteiger partial charge in [-0.3, -0.25) is 27.9 Å². The number of aromatic nitrogens is 2. The molecule has 2 heterocycles. The van der Waals surface area contributed by atoms with Gasteiger partial charge in [-0.05, 0) is 26.3 Å². The Bertz CT molecular complexity index is 852. The largest absolute Gasteiger partial charge is 0.474 e. The highest BCUT2D eigenvalue weighted by Gasteiger charge is 2.38. The SMILES string of the molecule is CCOP(=O)(OCC)OC[C@H]1O[C@@H](n2cc(C)c(=O)[nH]c2=O)C[C@@H]1N=[N+]=[N-]. The van der Waals surface area contributed by atoms with Gasteiger partial charge in [0.2, 0.25) is 0 Å². The second-order valence-electron chi connectivity index (χ2n) is 5.69. The van der Waals surface area contributed by atoms with E-state index in [1.54, 1.807) is 20.8 Å². The van der Waals surface area contributed by atoms with Crippen LogP contribution in [-0.4, -0.2) is 41.5 Å². The Morgan fingerprint density at radius 3 is 2.63 bits per heavy atom. The lowest BCUT2D eigenvalue weighted by atomic mass is 10.1. The number of phosphoric ester groups is 1. The maximum absolute atomic E-state index is 12.4. The van der Waals surface area contributed by atoms with Crippen molar-refractivity contribution in [3.63, 3.8) is 0 Å². The summed E-state index contributed by atoms with van der Waals surface area (Å²) in [6.45, 7) is 4.86. The molecule has 3 atom stereocenters. The monoisotopic (exact) mass is 403 g/mol. The van der Waals surface area contributed by atoms with Gasteiger partial charge in [-0.25, -0.2) is 9.36 Å². The van der Waals surface area contributed by atoms with Gasteiger partial charge < -0.3 is 4.74 Å². The van der Waals surface area contributed by atoms with Crippen LogP contribution in [0.2, 0.25) is 0 Å². The molecule has 2 rings (SSSR count). The van der Waals surface area contributed by atoms with Crippen LogP contribution in [0, 0.1) is 6.92 Å². The average Bonchev–Trinajstić information content (AvgIpc) is 3.00. The molecule has 0 spiro atoms. The Balaban J connectivity index is 2.18. The van der Waals surface area contributed by atoms with Gasteiger partial charge in [0.25, 0.3) is 5.56 Å². The molecule has 1 aromatic rings. The second-order valence-corrected chi connectivity index (χ2v) is 7.36. The summed E-state index contributed by atoms with van der Waals surface area (Å²) < 4.78 is 34.7. The van der Waals surface area contributed by atoms with Gasteiger partial charge in [-0.15, -0.1) is 0 Å². The first-order valence-corrected chi connectivity index (χ1v) is 9.85. The van der Waals surface area contributed by atoms with Crippen molar-refractivity contribution in [2.75, 3.05) is 19.8 Å². The van der Waals surface area contributed by atoms with Gasteiger partial charge >= 0.3 is 13.5 Å². The van der Waals surface area contributed by atoms with Crippen molar-refractivity contribution >= 4 is 7.82 Å². The zero-order chi connectivity index (χ0) is 20.0. The first-order chi connectivity index (χ1) is 12.8. The summed E-state index contributed by atoms with van der Waals surface area (Å²) in [5.41, 5.74) is 7.97. The van der Waals surface area contributed by atoms with E-state index in [1.165, 1.54) is 10.8 Å². The van der Waals surface area contributed by atoms with E-state index in [-0.39, 0.29) is 26.2 Å². The number of aromatic amines is 1. The Morgan fingerprint density at radius 1 is 1.37 bits per heavy atom. The number of ether oxygens (including phenoxy) is 1. The Labute approximate surface area is 154 Å². The number of hydrogen-bond acceptors (Lipinski definition) is 8. The molecule has 1 aliphatic rings. The molecule has 0 amide bonds. The van der Waals surface area contributed by atoms with Crippen LogP contribution in [0.15, 0.2) is 20.9 Å². The zero-order valence-corrected chi connectivity index (χ0v) is 16.1. The van der Waals surface area contributed by atoms with Crippen LogP contribution in [0.25, 0.3) is 10.4 Å². The van der Waals surface area contributed by atoms with E-state index < -0.39 is 37.4 Å². The van der Waals surface area contributed by atoms with Crippen molar-refractivity contribution < 1.29 is 22.9 Å². The van der Waals surface area contributed by atoms with Gasteiger partial charge in [0.1, 0.15) is 6.23 Å². The number of phosphoric acid groups is 1. The van der Waals surface area contributed by atoms with Crippen molar-refractivity contribution in [3.8, 4) is 0 Å². The van der Waals surface area contributed by atoms with Crippen LogP contribution in [0.4, 0.5) is 0 Å². The predicted octanol–water partition coefficient (Wildman–Crippen LogP) is 2.01. The van der Waals surface area contributed by atoms with Crippen molar-refractivity contribution in [2.24, 2.45) is 5.11 Å². The highest BCUT2D eigenvalue weighted by atomic mass is 31.2. The Morgan fingerprint density at radius 2 is 2.04 bits per heavy atom. The standard InChI is InChI=1S/C14H22N5O7P/c1-4-23-27(22,24-5-2)25-8-11-10(17-18-15)6-12(26-11)19-7-9(3)13(20)16-14(19)21/h7,10-12H,4-6,8H2,1-3H3,(H,16,20,21)/t10-,11+,12+/m0/s1. The molecule has 150 valence electrons. The Kier molecular flexibility index (Phi) is 7.37. The number of rotatable bonds is 9. The van der Waals surface area contributed by atoms with Gasteiger partial charge in [0, 0.05) is 23.1 Å². The number of nitrogens with zero attached hydrogens (tertiary/aromatic N) is 4. The topological polar surface area (TPSA) is 158 Å². The fraction of sp³-hybridized carbons (Fsp3) is 0.714. The number of H-pyrrole nitrogens is 1. The second kappa shape index (κ2) is 9.32. The molecule has 1 N–H and O–H groups in total. The van der Waals surface area contributed by atoms with Gasteiger partial charge in [0.15, 0.2) is 0 Å².